The van der Waals surface area contributed by atoms with Crippen molar-refractivity contribution in [1.82, 2.24) is 0 Å². The van der Waals surface area contributed by atoms with E-state index in [-0.39, 0.29) is 195 Å². The second-order valence-corrected chi connectivity index (χ2v) is 0. The zero-order valence-electron chi connectivity index (χ0n) is 7.99. The molecule has 0 nitrogen and oxygen atoms in total. The number of thiol groups is 4. The molecular weight excluding hydrogens is 900 g/mol. The van der Waals surface area contributed by atoms with E-state index >= 15 is 0 Å². The molecule has 18 heavy (non-hydrogen) atoms. The Bertz CT molecular complexity index is 26.3. The van der Waals surface area contributed by atoms with E-state index in [1.54, 1.807) is 0 Å². The average Bonchev–Trinajstić information content (AvgIpc) is 1.81. The molecule has 0 fully saturated rings. The van der Waals surface area contributed by atoms with E-state index in [1.165, 1.54) is 0 Å². The van der Waals surface area contributed by atoms with Crippen molar-refractivity contribution in [3.63, 3.8) is 0 Å². The molecular formula is C3H13Mo6S9-9. The molecule has 0 aromatic heterocycles. The largest absolute Gasteiger partial charge is 2.00 e. The second-order valence-electron chi connectivity index (χ2n) is 0. The Morgan fingerprint density at radius 3 is 0.500 bits per heavy atom. The van der Waals surface area contributed by atoms with Crippen LogP contribution in [0, 0.1) is 13.7 Å². The molecule has 0 aliphatic rings. The van der Waals surface area contributed by atoms with Crippen LogP contribution in [0.5, 0.6) is 0 Å². The van der Waals surface area contributed by atoms with Gasteiger partial charge in [0.05, 0.1) is 0 Å². The monoisotopic (exact) mass is 924 g/mol. The molecule has 0 aliphatic carbocycles. The van der Waals surface area contributed by atoms with E-state index in [0.29, 0.717) is 0 Å². The molecule has 0 aromatic carbocycles. The van der Waals surface area contributed by atoms with Crippen LogP contribution >= 0.6 is 0 Å². The Morgan fingerprint density at radius 1 is 0.500 bits per heavy atom. The molecule has 124 valence electrons. The maximum absolute atomic E-state index is 3.83. The summed E-state index contributed by atoms with van der Waals surface area (Å²) in [5, 5.41) is 0. The summed E-state index contributed by atoms with van der Waals surface area (Å²) in [6.07, 6.45) is 2.83. The predicted molar refractivity (Wildman–Crippen MR) is 90.4 cm³/mol. The van der Waals surface area contributed by atoms with Gasteiger partial charge in [-0.2, -0.15) is 0 Å². The summed E-state index contributed by atoms with van der Waals surface area (Å²) in [4.78, 5) is 0. The molecule has 0 spiro atoms. The van der Waals surface area contributed by atoms with Gasteiger partial charge < -0.3 is 127 Å². The third-order valence-electron chi connectivity index (χ3n) is 0. The molecule has 0 aliphatic heterocycles. The summed E-state index contributed by atoms with van der Waals surface area (Å²) in [5.74, 6) is 0. The van der Waals surface area contributed by atoms with Crippen LogP contribution < -0.4 is 0 Å². The van der Waals surface area contributed by atoms with Crippen LogP contribution in [0.2, 0.25) is 0 Å². The van der Waals surface area contributed by atoms with Crippen molar-refractivity contribution >= 4 is 113 Å². The van der Waals surface area contributed by atoms with Crippen LogP contribution in [0.4, 0.5) is 0 Å². The van der Waals surface area contributed by atoms with Crippen LogP contribution in [-0.2, 0) is 240 Å². The van der Waals surface area contributed by atoms with E-state index in [1.807, 2.05) is 0 Å². The topological polar surface area (TPSA) is 0 Å². The smallest absolute Gasteiger partial charge is 1.02 e. The van der Waals surface area contributed by atoms with Gasteiger partial charge in [-0.3, -0.25) is 0 Å². The Labute approximate surface area is 255 Å². The van der Waals surface area contributed by atoms with Gasteiger partial charge in [-0.1, -0.05) is 7.43 Å². The van der Waals surface area contributed by atoms with Crippen molar-refractivity contribution in [3.05, 3.63) is 13.7 Å². The van der Waals surface area contributed by atoms with Crippen LogP contribution in [-0.4, -0.2) is 0 Å². The molecule has 0 unspecified atom stereocenters. The van der Waals surface area contributed by atoms with Gasteiger partial charge in [0.2, 0.25) is 0 Å². The fraction of sp³-hybridized carbons (Fsp3) is 0.333. The van der Waals surface area contributed by atoms with Crippen molar-refractivity contribution in [1.29, 1.82) is 0 Å². The first-order valence-electron chi connectivity index (χ1n) is 0.622. The van der Waals surface area contributed by atoms with E-state index in [0.717, 1.165) is 0 Å². The zero-order chi connectivity index (χ0) is 6.00. The Morgan fingerprint density at radius 2 is 0.500 bits per heavy atom. The van der Waals surface area contributed by atoms with Gasteiger partial charge in [0.1, 0.15) is 0 Å². The minimum absolute atomic E-state index is 0. The van der Waals surface area contributed by atoms with Crippen molar-refractivity contribution in [2.24, 2.45) is 0 Å². The van der Waals surface area contributed by atoms with E-state index in [9.17, 15) is 0 Å². The maximum Gasteiger partial charge on any atom is 2.00 e. The average molecular weight is 913 g/mol. The third-order valence-corrected chi connectivity index (χ3v) is 0. The summed E-state index contributed by atoms with van der Waals surface area (Å²) >= 11 is 18.5. The molecule has 0 amide bonds. The van der Waals surface area contributed by atoms with Crippen molar-refractivity contribution in [3.8, 4) is 0 Å². The van der Waals surface area contributed by atoms with Crippen LogP contribution in [0.25, 0.3) is 0 Å². The van der Waals surface area contributed by atoms with Crippen LogP contribution in [0.1, 0.15) is 7.43 Å². The van der Waals surface area contributed by atoms with Crippen molar-refractivity contribution < 1.29 is 126 Å². The van der Waals surface area contributed by atoms with Crippen LogP contribution in [0.15, 0.2) is 0 Å². The van der Waals surface area contributed by atoms with Gasteiger partial charge >= 0.3 is 21.1 Å². The van der Waals surface area contributed by atoms with Crippen molar-refractivity contribution in [2.75, 3.05) is 0 Å². The van der Waals surface area contributed by atoms with E-state index < -0.39 is 0 Å². The summed E-state index contributed by atoms with van der Waals surface area (Å²) in [7, 11) is 0. The van der Waals surface area contributed by atoms with E-state index in [2.05, 4.69) is 65.5 Å². The summed E-state index contributed by atoms with van der Waals surface area (Å²) in [6, 6.07) is 0. The SMILES string of the molecule is C.[CH2-][S-].[CH3-].[Mo+2].[Mo].[Mo].[Mo].[Mo].[Mo].[S-][S-].[S-][S-].[SH-].[SH-].[SH-].[SH-]. The fourth-order valence-corrected chi connectivity index (χ4v) is 0. The number of rotatable bonds is 0. The van der Waals surface area contributed by atoms with Gasteiger partial charge in [-0.15, -0.1) is 0 Å². The molecule has 0 aromatic rings. The predicted octanol–water partition coefficient (Wildman–Crippen LogP) is 0.306. The van der Waals surface area contributed by atoms with Gasteiger partial charge in [0, 0.05) is 105 Å². The van der Waals surface area contributed by atoms with Crippen molar-refractivity contribution in [2.45, 2.75) is 7.43 Å². The summed E-state index contributed by atoms with van der Waals surface area (Å²) in [6.45, 7) is 0. The number of hydrogen-bond donors (Lipinski definition) is 0. The maximum atomic E-state index is 3.83. The first kappa shape index (κ1) is 141. The Balaban J connectivity index is -0.000000000433. The standard InChI is InChI=1S/CH2S.CH4.CH3.6Mo.2S2.4H2S/c1-2;;;;;;;;;2*1-2;;;;/h1H2;1H4;1H3;;;;;;;;;4*1H2/q-2;;-1;;;;;;+2;2*-2;;;;/p-4. The summed E-state index contributed by atoms with van der Waals surface area (Å²) < 4.78 is 0. The zero-order valence-corrected chi connectivity index (χ0v) is 27.7. The van der Waals surface area contributed by atoms with Gasteiger partial charge in [0.15, 0.2) is 0 Å². The first-order chi connectivity index (χ1) is 3.00. The molecule has 0 saturated heterocycles. The quantitative estimate of drug-likeness (QED) is 0.110. The Hall–Kier alpha value is 7.28. The molecule has 0 N–H and O–H groups in total. The summed E-state index contributed by atoms with van der Waals surface area (Å²) in [5.41, 5.74) is 0. The number of hydrogen-bond acceptors (Lipinski definition) is 9. The minimum atomic E-state index is 0. The van der Waals surface area contributed by atoms with Gasteiger partial charge in [0.25, 0.3) is 0 Å². The second kappa shape index (κ2) is 248. The van der Waals surface area contributed by atoms with Gasteiger partial charge in [-0.05, 0) is 0 Å². The van der Waals surface area contributed by atoms with Gasteiger partial charge in [-0.25, -0.2) is 0 Å². The van der Waals surface area contributed by atoms with E-state index in [4.69, 9.17) is 0 Å². The Kier molecular flexibility index (Phi) is 1950. The fourth-order valence-electron chi connectivity index (χ4n) is 0. The molecule has 0 bridgehead atoms. The third kappa shape index (κ3) is 218. The minimum Gasteiger partial charge on any atom is -1.02 e. The molecule has 15 heteroatoms. The molecule has 0 radical (unpaired) electrons. The molecule has 0 rings (SSSR count). The molecule has 0 atom stereocenters. The normalized spacial score (nSPS) is 1.00. The molecule has 0 heterocycles. The van der Waals surface area contributed by atoms with Crippen LogP contribution in [0.3, 0.4) is 0 Å². The first-order valence-corrected chi connectivity index (χ1v) is 3.87. The molecule has 0 saturated carbocycles.